The van der Waals surface area contributed by atoms with Crippen LogP contribution in [0.25, 0.3) is 10.2 Å². The highest BCUT2D eigenvalue weighted by atomic mass is 32.1. The van der Waals surface area contributed by atoms with E-state index in [0.717, 1.165) is 16.6 Å². The monoisotopic (exact) mass is 340 g/mol. The van der Waals surface area contributed by atoms with E-state index < -0.39 is 0 Å². The zero-order chi connectivity index (χ0) is 16.9. The Balaban J connectivity index is 1.65. The topological polar surface area (TPSA) is 51.2 Å². The number of hydrogen-bond acceptors (Lipinski definition) is 4. The number of amides is 1. The molecule has 24 heavy (non-hydrogen) atoms. The number of para-hydroxylation sites is 1. The standard InChI is InChI=1S/C19H20N2O2S/c1-3-13(2)14-9-10-16-17(11-14)24-19(20-16)21-18(22)12-23-15-7-5-4-6-8-15/h4-11,13H,3,12H2,1-2H3,(H,20,21,22). The Labute approximate surface area is 145 Å². The van der Waals surface area contributed by atoms with Crippen molar-refractivity contribution in [3.63, 3.8) is 0 Å². The van der Waals surface area contributed by atoms with Crippen LogP contribution in [0.2, 0.25) is 0 Å². The van der Waals surface area contributed by atoms with E-state index >= 15 is 0 Å². The first-order valence-electron chi connectivity index (χ1n) is 8.04. The van der Waals surface area contributed by atoms with Gasteiger partial charge in [-0.2, -0.15) is 0 Å². The number of carbonyl (C=O) groups excluding carboxylic acids is 1. The second-order valence-corrected chi connectivity index (χ2v) is 6.74. The predicted molar refractivity (Wildman–Crippen MR) is 98.9 cm³/mol. The molecule has 0 spiro atoms. The first-order chi connectivity index (χ1) is 11.7. The summed E-state index contributed by atoms with van der Waals surface area (Å²) in [4.78, 5) is 16.5. The SMILES string of the molecule is CCC(C)c1ccc2nc(NC(=O)COc3ccccc3)sc2c1. The quantitative estimate of drug-likeness (QED) is 0.699. The van der Waals surface area contributed by atoms with Gasteiger partial charge in [0.1, 0.15) is 5.75 Å². The van der Waals surface area contributed by atoms with Crippen molar-refractivity contribution in [2.24, 2.45) is 0 Å². The molecule has 2 aromatic carbocycles. The molecule has 0 aliphatic rings. The number of rotatable bonds is 6. The van der Waals surface area contributed by atoms with Gasteiger partial charge in [-0.25, -0.2) is 4.98 Å². The van der Waals surface area contributed by atoms with Gasteiger partial charge in [-0.1, -0.05) is 49.4 Å². The third-order valence-electron chi connectivity index (χ3n) is 3.95. The maximum atomic E-state index is 12.0. The van der Waals surface area contributed by atoms with Crippen LogP contribution in [0.1, 0.15) is 31.7 Å². The van der Waals surface area contributed by atoms with E-state index in [0.29, 0.717) is 16.8 Å². The summed E-state index contributed by atoms with van der Waals surface area (Å²) < 4.78 is 6.53. The van der Waals surface area contributed by atoms with Crippen LogP contribution in [0.5, 0.6) is 5.75 Å². The number of nitrogens with one attached hydrogen (secondary N) is 1. The molecule has 0 fully saturated rings. The highest BCUT2D eigenvalue weighted by molar-refractivity contribution is 7.22. The molecule has 0 saturated carbocycles. The van der Waals surface area contributed by atoms with Crippen molar-refractivity contribution in [3.8, 4) is 5.75 Å². The van der Waals surface area contributed by atoms with Crippen molar-refractivity contribution < 1.29 is 9.53 Å². The Kier molecular flexibility index (Phi) is 5.11. The smallest absolute Gasteiger partial charge is 0.264 e. The summed E-state index contributed by atoms with van der Waals surface area (Å²) in [6, 6.07) is 15.6. The Morgan fingerprint density at radius 2 is 2.04 bits per heavy atom. The van der Waals surface area contributed by atoms with Gasteiger partial charge in [0.15, 0.2) is 11.7 Å². The van der Waals surface area contributed by atoms with E-state index in [-0.39, 0.29) is 12.5 Å². The summed E-state index contributed by atoms with van der Waals surface area (Å²) in [5.41, 5.74) is 2.21. The Morgan fingerprint density at radius 3 is 2.79 bits per heavy atom. The lowest BCUT2D eigenvalue weighted by Gasteiger charge is -2.07. The molecule has 4 nitrogen and oxygen atoms in total. The molecule has 1 unspecified atom stereocenters. The van der Waals surface area contributed by atoms with Gasteiger partial charge in [-0.3, -0.25) is 10.1 Å². The van der Waals surface area contributed by atoms with Gasteiger partial charge >= 0.3 is 0 Å². The van der Waals surface area contributed by atoms with Gasteiger partial charge in [-0.05, 0) is 42.2 Å². The van der Waals surface area contributed by atoms with E-state index in [9.17, 15) is 4.79 Å². The number of fused-ring (bicyclic) bond motifs is 1. The fourth-order valence-electron chi connectivity index (χ4n) is 2.36. The summed E-state index contributed by atoms with van der Waals surface area (Å²) in [6.07, 6.45) is 1.10. The fourth-order valence-corrected chi connectivity index (χ4v) is 3.29. The molecular formula is C19H20N2O2S. The van der Waals surface area contributed by atoms with Gasteiger partial charge < -0.3 is 4.74 Å². The van der Waals surface area contributed by atoms with Crippen molar-refractivity contribution >= 4 is 32.6 Å². The molecule has 0 saturated heterocycles. The second-order valence-electron chi connectivity index (χ2n) is 5.71. The number of carbonyl (C=O) groups is 1. The molecular weight excluding hydrogens is 320 g/mol. The second kappa shape index (κ2) is 7.45. The molecule has 5 heteroatoms. The number of aromatic nitrogens is 1. The number of thiazole rings is 1. The van der Waals surface area contributed by atoms with Gasteiger partial charge in [-0.15, -0.1) is 0 Å². The Bertz CT molecular complexity index is 830. The Hall–Kier alpha value is -2.40. The number of benzene rings is 2. The molecule has 1 amide bonds. The summed E-state index contributed by atoms with van der Waals surface area (Å²) in [5, 5.41) is 3.41. The normalized spacial score (nSPS) is 12.1. The van der Waals surface area contributed by atoms with E-state index in [2.05, 4.69) is 36.3 Å². The van der Waals surface area contributed by atoms with Crippen molar-refractivity contribution in [1.82, 2.24) is 4.98 Å². The highest BCUT2D eigenvalue weighted by Gasteiger charge is 2.10. The molecule has 1 aromatic heterocycles. The molecule has 1 heterocycles. The average molecular weight is 340 g/mol. The van der Waals surface area contributed by atoms with Crippen LogP contribution in [-0.4, -0.2) is 17.5 Å². The molecule has 0 aliphatic carbocycles. The molecule has 1 N–H and O–H groups in total. The van der Waals surface area contributed by atoms with Crippen molar-refractivity contribution in [1.29, 1.82) is 0 Å². The first kappa shape index (κ1) is 16.5. The molecule has 1 atom stereocenters. The molecule has 124 valence electrons. The highest BCUT2D eigenvalue weighted by Crippen LogP contribution is 2.29. The van der Waals surface area contributed by atoms with Gasteiger partial charge in [0, 0.05) is 0 Å². The van der Waals surface area contributed by atoms with Crippen molar-refractivity contribution in [2.45, 2.75) is 26.2 Å². The number of nitrogens with zero attached hydrogens (tertiary/aromatic N) is 1. The zero-order valence-electron chi connectivity index (χ0n) is 13.8. The minimum atomic E-state index is -0.208. The zero-order valence-corrected chi connectivity index (χ0v) is 14.6. The Morgan fingerprint density at radius 1 is 1.25 bits per heavy atom. The number of anilines is 1. The summed E-state index contributed by atoms with van der Waals surface area (Å²) in [5.74, 6) is 0.990. The third-order valence-corrected chi connectivity index (χ3v) is 4.89. The number of ether oxygens (including phenoxy) is 1. The van der Waals surface area contributed by atoms with E-state index in [1.165, 1.54) is 16.9 Å². The fraction of sp³-hybridized carbons (Fsp3) is 0.263. The van der Waals surface area contributed by atoms with Gasteiger partial charge in [0.25, 0.3) is 5.91 Å². The van der Waals surface area contributed by atoms with Crippen LogP contribution in [0.4, 0.5) is 5.13 Å². The maximum absolute atomic E-state index is 12.0. The lowest BCUT2D eigenvalue weighted by Crippen LogP contribution is -2.19. The third kappa shape index (κ3) is 3.92. The van der Waals surface area contributed by atoms with Crippen molar-refractivity contribution in [2.75, 3.05) is 11.9 Å². The minimum Gasteiger partial charge on any atom is -0.484 e. The van der Waals surface area contributed by atoms with Gasteiger partial charge in [0.2, 0.25) is 0 Å². The molecule has 0 aliphatic heterocycles. The first-order valence-corrected chi connectivity index (χ1v) is 8.85. The lowest BCUT2D eigenvalue weighted by molar-refractivity contribution is -0.118. The minimum absolute atomic E-state index is 0.0297. The van der Waals surface area contributed by atoms with E-state index in [4.69, 9.17) is 4.74 Å². The predicted octanol–water partition coefficient (Wildman–Crippen LogP) is 4.83. The number of hydrogen-bond donors (Lipinski definition) is 1. The van der Waals surface area contributed by atoms with Crippen LogP contribution in [0.3, 0.4) is 0 Å². The van der Waals surface area contributed by atoms with Crippen LogP contribution in [-0.2, 0) is 4.79 Å². The largest absolute Gasteiger partial charge is 0.484 e. The van der Waals surface area contributed by atoms with Crippen LogP contribution < -0.4 is 10.1 Å². The summed E-state index contributed by atoms with van der Waals surface area (Å²) in [6.45, 7) is 4.36. The molecule has 3 aromatic rings. The van der Waals surface area contributed by atoms with Crippen molar-refractivity contribution in [3.05, 3.63) is 54.1 Å². The van der Waals surface area contributed by atoms with Gasteiger partial charge in [0.05, 0.1) is 10.2 Å². The van der Waals surface area contributed by atoms with Crippen LogP contribution in [0.15, 0.2) is 48.5 Å². The summed E-state index contributed by atoms with van der Waals surface area (Å²) >= 11 is 1.49. The van der Waals surface area contributed by atoms with Crippen LogP contribution >= 0.6 is 11.3 Å². The van der Waals surface area contributed by atoms with E-state index in [1.807, 2.05) is 36.4 Å². The van der Waals surface area contributed by atoms with Crippen LogP contribution in [0, 0.1) is 0 Å². The average Bonchev–Trinajstić information content (AvgIpc) is 3.01. The van der Waals surface area contributed by atoms with E-state index in [1.54, 1.807) is 0 Å². The maximum Gasteiger partial charge on any atom is 0.264 e. The molecule has 0 bridgehead atoms. The summed E-state index contributed by atoms with van der Waals surface area (Å²) in [7, 11) is 0. The molecule has 0 radical (unpaired) electrons. The lowest BCUT2D eigenvalue weighted by atomic mass is 9.99. The molecule has 3 rings (SSSR count).